The lowest BCUT2D eigenvalue weighted by molar-refractivity contribution is 0.414. The fraction of sp³-hybridized carbons (Fsp3) is 0.400. The first-order chi connectivity index (χ1) is 7.11. The van der Waals surface area contributed by atoms with Crippen molar-refractivity contribution in [2.24, 2.45) is 0 Å². The summed E-state index contributed by atoms with van der Waals surface area (Å²) < 4.78 is 21.5. The van der Waals surface area contributed by atoms with Gasteiger partial charge in [0.25, 0.3) is 0 Å². The number of rotatable bonds is 3. The van der Waals surface area contributed by atoms with E-state index in [-0.39, 0.29) is 0 Å². The van der Waals surface area contributed by atoms with E-state index >= 15 is 0 Å². The Hall–Kier alpha value is -0.910. The lowest BCUT2D eigenvalue weighted by Gasteiger charge is -2.19. The Labute approximate surface area is 93.5 Å². The summed E-state index contributed by atoms with van der Waals surface area (Å²) >= 11 is -2.02. The normalized spacial score (nSPS) is 11.7. The lowest BCUT2D eigenvalue weighted by atomic mass is 10.3. The van der Waals surface area contributed by atoms with Crippen molar-refractivity contribution in [2.75, 3.05) is 18.8 Å². The molecule has 0 spiro atoms. The number of benzene rings is 1. The summed E-state index contributed by atoms with van der Waals surface area (Å²) in [5.41, 5.74) is 6.18. The minimum Gasteiger partial charge on any atom is -0.760 e. The van der Waals surface area contributed by atoms with Gasteiger partial charge in [0, 0.05) is 30.0 Å². The minimum atomic E-state index is -2.02. The van der Waals surface area contributed by atoms with Crippen molar-refractivity contribution in [2.45, 2.75) is 13.8 Å². The third-order valence-corrected chi connectivity index (χ3v) is 2.65. The monoisotopic (exact) mass is 229 g/mol. The molecule has 0 aromatic heterocycles. The zero-order chi connectivity index (χ0) is 11.7. The van der Waals surface area contributed by atoms with Gasteiger partial charge in [-0.25, -0.2) is 4.31 Å². The third kappa shape index (κ3) is 7.07. The zero-order valence-corrected chi connectivity index (χ0v) is 9.87. The Kier molecular flexibility index (Phi) is 7.89. The molecule has 1 aromatic rings. The number of hydrogen-bond donors (Lipinski definition) is 1. The van der Waals surface area contributed by atoms with Crippen LogP contribution >= 0.6 is 0 Å². The molecule has 0 bridgehead atoms. The van der Waals surface area contributed by atoms with Gasteiger partial charge in [0.15, 0.2) is 0 Å². The summed E-state index contributed by atoms with van der Waals surface area (Å²) in [4.78, 5) is 0. The Morgan fingerprint density at radius 3 is 1.87 bits per heavy atom. The van der Waals surface area contributed by atoms with Crippen LogP contribution in [0.15, 0.2) is 30.3 Å². The van der Waals surface area contributed by atoms with Gasteiger partial charge < -0.3 is 10.3 Å². The van der Waals surface area contributed by atoms with Crippen LogP contribution in [0.25, 0.3) is 0 Å². The molecule has 2 N–H and O–H groups in total. The van der Waals surface area contributed by atoms with E-state index in [1.54, 1.807) is 13.8 Å². The van der Waals surface area contributed by atoms with Crippen LogP contribution in [0.4, 0.5) is 5.69 Å². The van der Waals surface area contributed by atoms with Gasteiger partial charge in [0.05, 0.1) is 0 Å². The lowest BCUT2D eigenvalue weighted by Crippen LogP contribution is -2.24. The number of nitrogen functional groups attached to an aromatic ring is 1. The molecule has 86 valence electrons. The third-order valence-electron chi connectivity index (χ3n) is 1.72. The van der Waals surface area contributed by atoms with Crippen LogP contribution in [0.5, 0.6) is 0 Å². The molecule has 1 rings (SSSR count). The molecule has 1 aromatic carbocycles. The highest BCUT2D eigenvalue weighted by Crippen LogP contribution is 1.95. The number of anilines is 1. The predicted octanol–water partition coefficient (Wildman–Crippen LogP) is 1.39. The van der Waals surface area contributed by atoms with Crippen LogP contribution in [0, 0.1) is 0 Å². The van der Waals surface area contributed by atoms with E-state index in [2.05, 4.69) is 0 Å². The quantitative estimate of drug-likeness (QED) is 0.629. The summed E-state index contributed by atoms with van der Waals surface area (Å²) in [7, 11) is 0. The molecule has 0 aliphatic carbocycles. The van der Waals surface area contributed by atoms with Gasteiger partial charge in [-0.05, 0) is 12.1 Å². The number of nitrogens with zero attached hydrogens (tertiary/aromatic N) is 1. The molecule has 0 radical (unpaired) electrons. The van der Waals surface area contributed by atoms with E-state index in [4.69, 9.17) is 5.73 Å². The second kappa shape index (κ2) is 8.40. The highest BCUT2D eigenvalue weighted by molar-refractivity contribution is 7.76. The Morgan fingerprint density at radius 2 is 1.73 bits per heavy atom. The van der Waals surface area contributed by atoms with Crippen molar-refractivity contribution in [3.63, 3.8) is 0 Å². The fourth-order valence-electron chi connectivity index (χ4n) is 0.887. The van der Waals surface area contributed by atoms with Crippen LogP contribution in [0.2, 0.25) is 0 Å². The van der Waals surface area contributed by atoms with Gasteiger partial charge in [-0.15, -0.1) is 0 Å². The van der Waals surface area contributed by atoms with Gasteiger partial charge in [0.1, 0.15) is 0 Å². The van der Waals surface area contributed by atoms with Crippen molar-refractivity contribution >= 4 is 17.0 Å². The molecule has 0 amide bonds. The molecule has 0 heterocycles. The highest BCUT2D eigenvalue weighted by Gasteiger charge is 1.94. The van der Waals surface area contributed by atoms with E-state index in [9.17, 15) is 8.76 Å². The van der Waals surface area contributed by atoms with Crippen molar-refractivity contribution < 1.29 is 8.76 Å². The van der Waals surface area contributed by atoms with Crippen molar-refractivity contribution in [3.8, 4) is 0 Å². The summed E-state index contributed by atoms with van der Waals surface area (Å²) in [6.45, 7) is 4.73. The predicted molar refractivity (Wildman–Crippen MR) is 62.7 cm³/mol. The summed E-state index contributed by atoms with van der Waals surface area (Å²) in [5, 5.41) is 0. The second-order valence-corrected chi connectivity index (χ2v) is 3.69. The SMILES string of the molecule is CCN(CC)S(=O)[O-].Nc1ccccc1. The molecule has 15 heavy (non-hydrogen) atoms. The average Bonchev–Trinajstić information content (AvgIpc) is 2.21. The van der Waals surface area contributed by atoms with Crippen molar-refractivity contribution in [3.05, 3.63) is 30.3 Å². The summed E-state index contributed by atoms with van der Waals surface area (Å²) in [5.74, 6) is 0. The first-order valence-corrected chi connectivity index (χ1v) is 5.79. The number of nitrogens with two attached hydrogens (primary N) is 1. The molecule has 0 fully saturated rings. The van der Waals surface area contributed by atoms with E-state index < -0.39 is 11.3 Å². The van der Waals surface area contributed by atoms with Gasteiger partial charge in [-0.2, -0.15) is 0 Å². The van der Waals surface area contributed by atoms with Crippen LogP contribution < -0.4 is 5.73 Å². The van der Waals surface area contributed by atoms with Crippen LogP contribution in [-0.4, -0.2) is 26.2 Å². The maximum atomic E-state index is 10.1. The fourth-order valence-corrected chi connectivity index (χ4v) is 1.31. The molecule has 1 atom stereocenters. The van der Waals surface area contributed by atoms with E-state index in [1.165, 1.54) is 4.31 Å². The Bertz CT molecular complexity index is 276. The largest absolute Gasteiger partial charge is 0.760 e. The van der Waals surface area contributed by atoms with E-state index in [0.717, 1.165) is 5.69 Å². The second-order valence-electron chi connectivity index (χ2n) is 2.74. The van der Waals surface area contributed by atoms with Gasteiger partial charge >= 0.3 is 0 Å². The van der Waals surface area contributed by atoms with Crippen molar-refractivity contribution in [1.29, 1.82) is 0 Å². The molecular formula is C10H17N2O2S-. The standard InChI is InChI=1S/C6H7N.C4H11NO2S/c7-6-4-2-1-3-5-6;1-3-5(4-2)8(6)7/h1-5H,7H2;3-4H2,1-2H3,(H,6,7)/p-1. The van der Waals surface area contributed by atoms with Crippen LogP contribution in [0.3, 0.4) is 0 Å². The average molecular weight is 229 g/mol. The highest BCUT2D eigenvalue weighted by atomic mass is 32.2. The Morgan fingerprint density at radius 1 is 1.27 bits per heavy atom. The minimum absolute atomic E-state index is 0.562. The maximum absolute atomic E-state index is 10.1. The number of para-hydroxylation sites is 1. The van der Waals surface area contributed by atoms with Crippen molar-refractivity contribution in [1.82, 2.24) is 4.31 Å². The maximum Gasteiger partial charge on any atom is 0.0313 e. The van der Waals surface area contributed by atoms with Gasteiger partial charge in [0.2, 0.25) is 0 Å². The first kappa shape index (κ1) is 14.1. The smallest absolute Gasteiger partial charge is 0.0313 e. The van der Waals surface area contributed by atoms with Gasteiger partial charge in [-0.1, -0.05) is 32.0 Å². The topological polar surface area (TPSA) is 69.4 Å². The van der Waals surface area contributed by atoms with E-state index in [0.29, 0.717) is 13.1 Å². The molecule has 1 unspecified atom stereocenters. The van der Waals surface area contributed by atoms with Gasteiger partial charge in [-0.3, -0.25) is 4.21 Å². The van der Waals surface area contributed by atoms with E-state index in [1.807, 2.05) is 30.3 Å². The molecule has 0 aliphatic heterocycles. The molecule has 0 aliphatic rings. The number of hydrogen-bond acceptors (Lipinski definition) is 3. The van der Waals surface area contributed by atoms with Crippen LogP contribution in [-0.2, 0) is 11.3 Å². The van der Waals surface area contributed by atoms with Crippen LogP contribution in [0.1, 0.15) is 13.8 Å². The molecule has 0 saturated carbocycles. The summed E-state index contributed by atoms with van der Waals surface area (Å²) in [6, 6.07) is 9.49. The zero-order valence-electron chi connectivity index (χ0n) is 9.05. The molecule has 0 saturated heterocycles. The Balaban J connectivity index is 0.000000262. The summed E-state index contributed by atoms with van der Waals surface area (Å²) in [6.07, 6.45) is 0. The first-order valence-electron chi connectivity index (χ1n) is 4.76. The molecular weight excluding hydrogens is 212 g/mol. The molecule has 4 nitrogen and oxygen atoms in total. The molecule has 5 heteroatoms.